The molecule has 0 bridgehead atoms. The number of benzene rings is 1. The molecule has 0 aliphatic carbocycles. The average Bonchev–Trinajstić information content (AvgIpc) is 3.06. The molecular formula is C15H19N5. The summed E-state index contributed by atoms with van der Waals surface area (Å²) in [5.41, 5.74) is 2.22. The summed E-state index contributed by atoms with van der Waals surface area (Å²) in [6.45, 7) is 3.77. The lowest BCUT2D eigenvalue weighted by atomic mass is 10.3. The van der Waals surface area contributed by atoms with Crippen LogP contribution in [0, 0.1) is 0 Å². The summed E-state index contributed by atoms with van der Waals surface area (Å²) in [6, 6.07) is 10.5. The molecule has 0 radical (unpaired) electrons. The van der Waals surface area contributed by atoms with Gasteiger partial charge in [-0.05, 0) is 25.1 Å². The van der Waals surface area contributed by atoms with Gasteiger partial charge in [0.1, 0.15) is 5.82 Å². The van der Waals surface area contributed by atoms with Crippen molar-refractivity contribution in [1.82, 2.24) is 24.6 Å². The number of hydrogen-bond acceptors (Lipinski definition) is 3. The van der Waals surface area contributed by atoms with Gasteiger partial charge in [0, 0.05) is 25.5 Å². The van der Waals surface area contributed by atoms with Crippen molar-refractivity contribution in [3.8, 4) is 0 Å². The van der Waals surface area contributed by atoms with E-state index in [-0.39, 0.29) is 0 Å². The van der Waals surface area contributed by atoms with Crippen LogP contribution in [0.3, 0.4) is 0 Å². The number of fused-ring (bicyclic) bond motifs is 1. The van der Waals surface area contributed by atoms with Crippen LogP contribution >= 0.6 is 0 Å². The van der Waals surface area contributed by atoms with Crippen LogP contribution in [-0.2, 0) is 20.1 Å². The number of para-hydroxylation sites is 2. The number of rotatable bonds is 5. The van der Waals surface area contributed by atoms with Crippen LogP contribution in [0.15, 0.2) is 42.7 Å². The van der Waals surface area contributed by atoms with Gasteiger partial charge in [-0.3, -0.25) is 4.68 Å². The summed E-state index contributed by atoms with van der Waals surface area (Å²) >= 11 is 0. The Morgan fingerprint density at radius 1 is 1.25 bits per heavy atom. The highest BCUT2D eigenvalue weighted by molar-refractivity contribution is 5.75. The fourth-order valence-electron chi connectivity index (χ4n) is 2.37. The second-order valence-electron chi connectivity index (χ2n) is 5.09. The molecule has 0 spiro atoms. The number of nitrogens with one attached hydrogen (secondary N) is 1. The minimum absolute atomic E-state index is 0.342. The molecule has 0 amide bonds. The monoisotopic (exact) mass is 269 g/mol. The highest BCUT2D eigenvalue weighted by Crippen LogP contribution is 2.14. The molecular weight excluding hydrogens is 250 g/mol. The zero-order chi connectivity index (χ0) is 13.9. The maximum atomic E-state index is 4.66. The molecule has 1 N–H and O–H groups in total. The first-order valence-electron chi connectivity index (χ1n) is 6.85. The van der Waals surface area contributed by atoms with Gasteiger partial charge < -0.3 is 9.88 Å². The number of nitrogens with zero attached hydrogens (tertiary/aromatic N) is 4. The summed E-state index contributed by atoms with van der Waals surface area (Å²) < 4.78 is 4.08. The van der Waals surface area contributed by atoms with Crippen LogP contribution in [0.4, 0.5) is 0 Å². The molecule has 0 saturated heterocycles. The van der Waals surface area contributed by atoms with Crippen molar-refractivity contribution in [3.63, 3.8) is 0 Å². The van der Waals surface area contributed by atoms with E-state index in [1.165, 1.54) is 5.52 Å². The van der Waals surface area contributed by atoms with Crippen LogP contribution in [0.1, 0.15) is 12.7 Å². The minimum atomic E-state index is 0.342. The van der Waals surface area contributed by atoms with Crippen LogP contribution in [0.5, 0.6) is 0 Å². The topological polar surface area (TPSA) is 47.7 Å². The van der Waals surface area contributed by atoms with E-state index >= 15 is 0 Å². The molecule has 0 unspecified atom stereocenters. The second-order valence-corrected chi connectivity index (χ2v) is 5.09. The van der Waals surface area contributed by atoms with E-state index in [2.05, 4.69) is 40.0 Å². The van der Waals surface area contributed by atoms with Crippen molar-refractivity contribution >= 4 is 11.0 Å². The van der Waals surface area contributed by atoms with Gasteiger partial charge in [-0.2, -0.15) is 5.10 Å². The van der Waals surface area contributed by atoms with Crippen LogP contribution in [0.25, 0.3) is 11.0 Å². The van der Waals surface area contributed by atoms with E-state index in [0.29, 0.717) is 6.04 Å². The molecule has 2 heterocycles. The quantitative estimate of drug-likeness (QED) is 0.770. The first kappa shape index (κ1) is 12.9. The van der Waals surface area contributed by atoms with Gasteiger partial charge in [-0.1, -0.05) is 12.1 Å². The number of hydrogen-bond donors (Lipinski definition) is 1. The summed E-state index contributed by atoms with van der Waals surface area (Å²) in [7, 11) is 2.06. The van der Waals surface area contributed by atoms with Crippen LogP contribution in [-0.4, -0.2) is 25.4 Å². The number of imidazole rings is 1. The predicted molar refractivity (Wildman–Crippen MR) is 79.2 cm³/mol. The van der Waals surface area contributed by atoms with Gasteiger partial charge in [0.15, 0.2) is 0 Å². The van der Waals surface area contributed by atoms with Crippen molar-refractivity contribution in [2.75, 3.05) is 0 Å². The average molecular weight is 269 g/mol. The van der Waals surface area contributed by atoms with Gasteiger partial charge in [0.25, 0.3) is 0 Å². The number of aromatic nitrogens is 4. The van der Waals surface area contributed by atoms with Gasteiger partial charge in [-0.15, -0.1) is 0 Å². The Labute approximate surface area is 118 Å². The second kappa shape index (κ2) is 5.46. The Bertz CT molecular complexity index is 683. The lowest BCUT2D eigenvalue weighted by Gasteiger charge is -2.13. The molecule has 0 aliphatic rings. The third-order valence-corrected chi connectivity index (χ3v) is 3.51. The van der Waals surface area contributed by atoms with E-state index in [1.54, 1.807) is 6.20 Å². The van der Waals surface area contributed by atoms with Crippen molar-refractivity contribution < 1.29 is 0 Å². The first-order chi connectivity index (χ1) is 9.74. The fraction of sp³-hybridized carbons (Fsp3) is 0.333. The zero-order valence-electron chi connectivity index (χ0n) is 11.8. The molecule has 0 saturated carbocycles. The molecule has 104 valence electrons. The first-order valence-corrected chi connectivity index (χ1v) is 6.85. The van der Waals surface area contributed by atoms with E-state index in [0.717, 1.165) is 24.4 Å². The largest absolute Gasteiger partial charge is 0.330 e. The lowest BCUT2D eigenvalue weighted by Crippen LogP contribution is -2.31. The summed E-state index contributed by atoms with van der Waals surface area (Å²) in [5, 5.41) is 7.71. The van der Waals surface area contributed by atoms with Gasteiger partial charge in [-0.25, -0.2) is 4.98 Å². The van der Waals surface area contributed by atoms with Gasteiger partial charge in [0.05, 0.1) is 24.1 Å². The molecule has 0 aliphatic heterocycles. The van der Waals surface area contributed by atoms with E-state index in [9.17, 15) is 0 Å². The Kier molecular flexibility index (Phi) is 3.52. The number of aryl methyl sites for hydroxylation is 1. The van der Waals surface area contributed by atoms with E-state index in [1.807, 2.05) is 35.1 Å². The van der Waals surface area contributed by atoms with Gasteiger partial charge in [0.2, 0.25) is 0 Å². The molecule has 5 heteroatoms. The Balaban J connectivity index is 1.66. The summed E-state index contributed by atoms with van der Waals surface area (Å²) in [6.07, 6.45) is 3.78. The predicted octanol–water partition coefficient (Wildman–Crippen LogP) is 1.95. The highest BCUT2D eigenvalue weighted by atomic mass is 15.3. The summed E-state index contributed by atoms with van der Waals surface area (Å²) in [4.78, 5) is 4.66. The van der Waals surface area contributed by atoms with E-state index in [4.69, 9.17) is 0 Å². The Morgan fingerprint density at radius 3 is 2.85 bits per heavy atom. The third kappa shape index (κ3) is 2.58. The van der Waals surface area contributed by atoms with Crippen molar-refractivity contribution in [2.24, 2.45) is 7.05 Å². The maximum absolute atomic E-state index is 4.66. The molecule has 5 nitrogen and oxygen atoms in total. The molecule has 1 aromatic carbocycles. The smallest absolute Gasteiger partial charge is 0.123 e. The third-order valence-electron chi connectivity index (χ3n) is 3.51. The zero-order valence-corrected chi connectivity index (χ0v) is 11.8. The molecule has 3 aromatic rings. The molecule has 20 heavy (non-hydrogen) atoms. The van der Waals surface area contributed by atoms with Crippen molar-refractivity contribution in [1.29, 1.82) is 0 Å². The molecule has 0 fully saturated rings. The Hall–Kier alpha value is -2.14. The fourth-order valence-corrected chi connectivity index (χ4v) is 2.37. The van der Waals surface area contributed by atoms with Crippen LogP contribution < -0.4 is 5.32 Å². The highest BCUT2D eigenvalue weighted by Gasteiger charge is 2.08. The SMILES string of the molecule is C[C@@H](Cn1cccn1)NCc1nc2ccccc2n1C. The maximum Gasteiger partial charge on any atom is 0.123 e. The molecule has 1 atom stereocenters. The molecule has 3 rings (SSSR count). The van der Waals surface area contributed by atoms with Crippen molar-refractivity contribution in [2.45, 2.75) is 26.1 Å². The Morgan fingerprint density at radius 2 is 2.10 bits per heavy atom. The minimum Gasteiger partial charge on any atom is -0.330 e. The normalized spacial score (nSPS) is 12.9. The molecule has 2 aromatic heterocycles. The van der Waals surface area contributed by atoms with Crippen LogP contribution in [0.2, 0.25) is 0 Å². The van der Waals surface area contributed by atoms with Crippen molar-refractivity contribution in [3.05, 3.63) is 48.5 Å². The standard InChI is InChI=1S/C15H19N5/c1-12(11-20-9-5-8-17-20)16-10-15-18-13-6-3-4-7-14(13)19(15)2/h3-9,12,16H,10-11H2,1-2H3/t12-/m0/s1. The lowest BCUT2D eigenvalue weighted by molar-refractivity contribution is 0.443. The summed E-state index contributed by atoms with van der Waals surface area (Å²) in [5.74, 6) is 1.05. The van der Waals surface area contributed by atoms with Gasteiger partial charge >= 0.3 is 0 Å². The van der Waals surface area contributed by atoms with E-state index < -0.39 is 0 Å².